The summed E-state index contributed by atoms with van der Waals surface area (Å²) in [6.07, 6.45) is 1.45. The number of fused-ring (bicyclic) bond motifs is 1. The normalized spacial score (nSPS) is 11.6. The molecule has 7 heteroatoms. The molecule has 1 N–H and O–H groups in total. The average molecular weight is 356 g/mol. The highest BCUT2D eigenvalue weighted by atomic mass is 32.2. The van der Waals surface area contributed by atoms with E-state index in [0.717, 1.165) is 11.8 Å². The molecule has 0 fully saturated rings. The number of thioether (sulfide) groups is 1. The molecule has 0 saturated carbocycles. The summed E-state index contributed by atoms with van der Waals surface area (Å²) in [6.45, 7) is 2.12. The predicted octanol–water partition coefficient (Wildman–Crippen LogP) is 3.52. The second-order valence-corrected chi connectivity index (χ2v) is 6.00. The Bertz CT molecular complexity index is 915. The lowest BCUT2D eigenvalue weighted by Gasteiger charge is -2.14. The lowest BCUT2D eigenvalue weighted by atomic mass is 10.2. The number of aromatic nitrogens is 1. The van der Waals surface area contributed by atoms with Gasteiger partial charge in [-0.25, -0.2) is 9.78 Å². The van der Waals surface area contributed by atoms with E-state index in [4.69, 9.17) is 9.15 Å². The zero-order valence-corrected chi connectivity index (χ0v) is 14.1. The molecule has 0 unspecified atom stereocenters. The maximum absolute atomic E-state index is 11.7. The summed E-state index contributed by atoms with van der Waals surface area (Å²) in [5.74, 6) is -1.17. The number of carboxylic acid groups (broad SMARTS) is 1. The van der Waals surface area contributed by atoms with Crippen molar-refractivity contribution in [1.82, 2.24) is 4.98 Å². The minimum atomic E-state index is -1.11. The molecule has 0 atom stereocenters. The van der Waals surface area contributed by atoms with E-state index in [9.17, 15) is 15.0 Å². The summed E-state index contributed by atoms with van der Waals surface area (Å²) in [6, 6.07) is 11.6. The summed E-state index contributed by atoms with van der Waals surface area (Å²) in [7, 11) is 0. The van der Waals surface area contributed by atoms with Gasteiger partial charge in [0.15, 0.2) is 5.58 Å². The molecule has 0 aliphatic carbocycles. The molecule has 0 spiro atoms. The Morgan fingerprint density at radius 3 is 2.88 bits per heavy atom. The van der Waals surface area contributed by atoms with Crippen LogP contribution in [0.25, 0.3) is 17.2 Å². The van der Waals surface area contributed by atoms with E-state index in [-0.39, 0.29) is 21.6 Å². The Morgan fingerprint density at radius 1 is 1.36 bits per heavy atom. The van der Waals surface area contributed by atoms with Crippen LogP contribution in [0.3, 0.4) is 0 Å². The second kappa shape index (κ2) is 7.31. The van der Waals surface area contributed by atoms with Gasteiger partial charge >= 0.3 is 5.97 Å². The van der Waals surface area contributed by atoms with Crippen molar-refractivity contribution in [2.75, 3.05) is 6.61 Å². The third-order valence-corrected chi connectivity index (χ3v) is 4.11. The third-order valence-electron chi connectivity index (χ3n) is 3.25. The van der Waals surface area contributed by atoms with Crippen molar-refractivity contribution in [3.05, 3.63) is 52.9 Å². The smallest absolute Gasteiger partial charge is 0.342 e. The number of benzene rings is 2. The number of carbonyl (C=O) groups is 1. The molecule has 3 rings (SSSR count). The van der Waals surface area contributed by atoms with Crippen LogP contribution >= 0.6 is 11.8 Å². The zero-order chi connectivity index (χ0) is 17.8. The maximum Gasteiger partial charge on any atom is 0.342 e. The van der Waals surface area contributed by atoms with E-state index in [0.29, 0.717) is 23.3 Å². The first kappa shape index (κ1) is 16.9. The molecule has 6 nitrogen and oxygen atoms in total. The van der Waals surface area contributed by atoms with E-state index < -0.39 is 5.97 Å². The maximum atomic E-state index is 11.7. The first-order valence-electron chi connectivity index (χ1n) is 7.49. The molecule has 0 radical (unpaired) electrons. The fraction of sp³-hybridized carbons (Fsp3) is 0.111. The molecule has 1 aromatic heterocycles. The number of aliphatic carboxylic acids is 1. The lowest BCUT2D eigenvalue weighted by molar-refractivity contribution is -0.270. The SMILES string of the molecule is CCOc1cc(/C=C(/Sc2nc3ccccc3o2)C(=O)O)ccc1[O-]. The summed E-state index contributed by atoms with van der Waals surface area (Å²) >= 11 is 0.906. The summed E-state index contributed by atoms with van der Waals surface area (Å²) < 4.78 is 10.8. The molecular formula is C18H14NO5S-. The molecule has 0 aliphatic rings. The van der Waals surface area contributed by atoms with Gasteiger partial charge in [0.2, 0.25) is 0 Å². The highest BCUT2D eigenvalue weighted by Gasteiger charge is 2.15. The van der Waals surface area contributed by atoms with Crippen molar-refractivity contribution in [3.63, 3.8) is 0 Å². The number of rotatable bonds is 6. The van der Waals surface area contributed by atoms with Gasteiger partial charge in [-0.2, -0.15) is 0 Å². The Hall–Kier alpha value is -2.93. The minimum absolute atomic E-state index is 0.0210. The Labute approximate surface area is 147 Å². The molecule has 25 heavy (non-hydrogen) atoms. The van der Waals surface area contributed by atoms with Gasteiger partial charge in [-0.05, 0) is 48.5 Å². The van der Waals surface area contributed by atoms with Gasteiger partial charge in [-0.1, -0.05) is 30.0 Å². The van der Waals surface area contributed by atoms with Crippen molar-refractivity contribution in [2.24, 2.45) is 0 Å². The van der Waals surface area contributed by atoms with Crippen LogP contribution in [0.4, 0.5) is 0 Å². The van der Waals surface area contributed by atoms with Crippen molar-refractivity contribution in [2.45, 2.75) is 12.1 Å². The number of hydrogen-bond acceptors (Lipinski definition) is 6. The molecule has 0 bridgehead atoms. The standard InChI is InChI=1S/C18H15NO5S/c1-2-23-15-9-11(7-8-13(15)20)10-16(17(21)22)25-18-19-12-5-3-4-6-14(12)24-18/h3-10,20H,2H2,1H3,(H,21,22)/p-1/b16-10+. The minimum Gasteiger partial charge on any atom is -0.870 e. The topological polar surface area (TPSA) is 95.6 Å². The van der Waals surface area contributed by atoms with Crippen LogP contribution in [0.1, 0.15) is 12.5 Å². The summed E-state index contributed by atoms with van der Waals surface area (Å²) in [4.78, 5) is 15.8. The molecule has 0 aliphatic heterocycles. The number of oxazole rings is 1. The molecule has 1 heterocycles. The number of para-hydroxylation sites is 2. The van der Waals surface area contributed by atoms with Crippen LogP contribution in [0.5, 0.6) is 11.5 Å². The zero-order valence-electron chi connectivity index (χ0n) is 13.3. The van der Waals surface area contributed by atoms with Gasteiger partial charge in [0, 0.05) is 0 Å². The Kier molecular flexibility index (Phi) is 4.95. The van der Waals surface area contributed by atoms with E-state index in [2.05, 4.69) is 4.98 Å². The van der Waals surface area contributed by atoms with Crippen LogP contribution < -0.4 is 9.84 Å². The van der Waals surface area contributed by atoms with E-state index in [1.807, 2.05) is 12.1 Å². The number of carboxylic acids is 1. The van der Waals surface area contributed by atoms with Crippen molar-refractivity contribution >= 4 is 34.9 Å². The van der Waals surface area contributed by atoms with Crippen molar-refractivity contribution in [1.29, 1.82) is 0 Å². The summed E-state index contributed by atoms with van der Waals surface area (Å²) in [5.41, 5.74) is 1.79. The fourth-order valence-corrected chi connectivity index (χ4v) is 2.90. The highest BCUT2D eigenvalue weighted by Crippen LogP contribution is 2.32. The molecule has 3 aromatic rings. The predicted molar refractivity (Wildman–Crippen MR) is 92.5 cm³/mol. The van der Waals surface area contributed by atoms with Gasteiger partial charge in [0.05, 0.1) is 6.61 Å². The molecule has 0 amide bonds. The summed E-state index contributed by atoms with van der Waals surface area (Å²) in [5, 5.41) is 21.4. The van der Waals surface area contributed by atoms with Gasteiger partial charge in [-0.15, -0.1) is 0 Å². The number of ether oxygens (including phenoxy) is 1. The fourth-order valence-electron chi connectivity index (χ4n) is 2.16. The number of nitrogens with zero attached hydrogens (tertiary/aromatic N) is 1. The van der Waals surface area contributed by atoms with E-state index in [1.54, 1.807) is 25.1 Å². The van der Waals surface area contributed by atoms with Crippen molar-refractivity contribution < 1.29 is 24.2 Å². The van der Waals surface area contributed by atoms with Crippen LogP contribution in [-0.2, 0) is 4.79 Å². The quantitative estimate of drug-likeness (QED) is 0.533. The highest BCUT2D eigenvalue weighted by molar-refractivity contribution is 8.03. The Morgan fingerprint density at radius 2 is 2.16 bits per heavy atom. The monoisotopic (exact) mass is 356 g/mol. The lowest BCUT2D eigenvalue weighted by Crippen LogP contribution is -2.00. The second-order valence-electron chi connectivity index (χ2n) is 5.00. The van der Waals surface area contributed by atoms with Gasteiger partial charge in [0.25, 0.3) is 5.22 Å². The third kappa shape index (κ3) is 3.95. The molecular weight excluding hydrogens is 342 g/mol. The van der Waals surface area contributed by atoms with Crippen LogP contribution in [0, 0.1) is 0 Å². The largest absolute Gasteiger partial charge is 0.870 e. The average Bonchev–Trinajstić information content (AvgIpc) is 2.99. The van der Waals surface area contributed by atoms with Crippen LogP contribution in [0.15, 0.2) is 57.0 Å². The van der Waals surface area contributed by atoms with Gasteiger partial charge in [-0.3, -0.25) is 0 Å². The van der Waals surface area contributed by atoms with Crippen LogP contribution in [-0.4, -0.2) is 22.7 Å². The van der Waals surface area contributed by atoms with Gasteiger partial charge < -0.3 is 19.4 Å². The molecule has 2 aromatic carbocycles. The van der Waals surface area contributed by atoms with E-state index >= 15 is 0 Å². The van der Waals surface area contributed by atoms with E-state index in [1.165, 1.54) is 18.2 Å². The number of hydrogen-bond donors (Lipinski definition) is 1. The molecule has 0 saturated heterocycles. The molecule has 128 valence electrons. The van der Waals surface area contributed by atoms with Crippen LogP contribution in [0.2, 0.25) is 0 Å². The van der Waals surface area contributed by atoms with Crippen molar-refractivity contribution in [3.8, 4) is 11.5 Å². The Balaban J connectivity index is 1.91. The van der Waals surface area contributed by atoms with Gasteiger partial charge in [0.1, 0.15) is 16.2 Å². The first-order valence-corrected chi connectivity index (χ1v) is 8.30. The first-order chi connectivity index (χ1) is 12.1.